The molecule has 128 valence electrons. The lowest BCUT2D eigenvalue weighted by molar-refractivity contribution is 0.379. The fourth-order valence-electron chi connectivity index (χ4n) is 3.54. The average Bonchev–Trinajstić information content (AvgIpc) is 3.08. The molecule has 5 nitrogen and oxygen atoms in total. The summed E-state index contributed by atoms with van der Waals surface area (Å²) in [4.78, 5) is 14.4. The molecule has 1 aliphatic rings. The SMILES string of the molecule is CN=C(NCCc1c[nH]c2ncccc12)N1CCc2ccccc2C1. The van der Waals surface area contributed by atoms with Gasteiger partial charge in [0.1, 0.15) is 5.65 Å². The average molecular weight is 333 g/mol. The summed E-state index contributed by atoms with van der Waals surface area (Å²) in [6.07, 6.45) is 5.89. The number of aromatic amines is 1. The third-order valence-corrected chi connectivity index (χ3v) is 4.86. The van der Waals surface area contributed by atoms with Crippen LogP contribution in [0.5, 0.6) is 0 Å². The number of H-pyrrole nitrogens is 1. The topological polar surface area (TPSA) is 56.3 Å². The minimum Gasteiger partial charge on any atom is -0.356 e. The van der Waals surface area contributed by atoms with Crippen molar-refractivity contribution in [1.82, 2.24) is 20.2 Å². The van der Waals surface area contributed by atoms with Gasteiger partial charge in [0.15, 0.2) is 5.96 Å². The van der Waals surface area contributed by atoms with Gasteiger partial charge in [-0.25, -0.2) is 4.98 Å². The Bertz CT molecular complexity index is 896. The van der Waals surface area contributed by atoms with Crippen molar-refractivity contribution in [3.63, 3.8) is 0 Å². The summed E-state index contributed by atoms with van der Waals surface area (Å²) < 4.78 is 0. The van der Waals surface area contributed by atoms with Crippen LogP contribution < -0.4 is 5.32 Å². The van der Waals surface area contributed by atoms with E-state index >= 15 is 0 Å². The van der Waals surface area contributed by atoms with Crippen LogP contribution in [-0.4, -0.2) is 41.0 Å². The van der Waals surface area contributed by atoms with Gasteiger partial charge in [0.2, 0.25) is 0 Å². The Hall–Kier alpha value is -2.82. The number of guanidine groups is 1. The minimum atomic E-state index is 0.854. The predicted molar refractivity (Wildman–Crippen MR) is 102 cm³/mol. The molecule has 2 N–H and O–H groups in total. The molecule has 0 aliphatic carbocycles. The van der Waals surface area contributed by atoms with Crippen molar-refractivity contribution in [2.45, 2.75) is 19.4 Å². The molecule has 1 aromatic carbocycles. The Morgan fingerprint density at radius 1 is 1.24 bits per heavy atom. The summed E-state index contributed by atoms with van der Waals surface area (Å²) in [5.74, 6) is 0.979. The van der Waals surface area contributed by atoms with Crippen molar-refractivity contribution in [2.75, 3.05) is 20.1 Å². The molecule has 1 aliphatic heterocycles. The molecular formula is C20H23N5. The van der Waals surface area contributed by atoms with E-state index < -0.39 is 0 Å². The molecule has 2 aromatic heterocycles. The van der Waals surface area contributed by atoms with Gasteiger partial charge in [-0.05, 0) is 41.7 Å². The van der Waals surface area contributed by atoms with Crippen molar-refractivity contribution in [1.29, 1.82) is 0 Å². The third-order valence-electron chi connectivity index (χ3n) is 4.86. The summed E-state index contributed by atoms with van der Waals surface area (Å²) in [5, 5.41) is 4.71. The summed E-state index contributed by atoms with van der Waals surface area (Å²) >= 11 is 0. The maximum absolute atomic E-state index is 4.48. The van der Waals surface area contributed by atoms with E-state index in [0.717, 1.165) is 44.1 Å². The molecule has 3 aromatic rings. The second-order valence-corrected chi connectivity index (χ2v) is 6.38. The van der Waals surface area contributed by atoms with Gasteiger partial charge in [-0.3, -0.25) is 4.99 Å². The second kappa shape index (κ2) is 6.97. The zero-order valence-electron chi connectivity index (χ0n) is 14.5. The molecular weight excluding hydrogens is 310 g/mol. The van der Waals surface area contributed by atoms with Crippen LogP contribution in [0.2, 0.25) is 0 Å². The standard InChI is InChI=1S/C20H23N5/c1-21-20(25-12-9-15-5-2-3-6-17(15)14-25)23-11-8-16-13-24-19-18(16)7-4-10-22-19/h2-7,10,13H,8-9,11-12,14H2,1H3,(H,21,23)(H,22,24). The maximum atomic E-state index is 4.48. The van der Waals surface area contributed by atoms with E-state index in [2.05, 4.69) is 61.7 Å². The molecule has 4 rings (SSSR count). The van der Waals surface area contributed by atoms with E-state index in [1.54, 1.807) is 0 Å². The van der Waals surface area contributed by atoms with Crippen molar-refractivity contribution < 1.29 is 0 Å². The Kier molecular flexibility index (Phi) is 4.37. The highest BCUT2D eigenvalue weighted by Gasteiger charge is 2.18. The van der Waals surface area contributed by atoms with Crippen LogP contribution in [0.1, 0.15) is 16.7 Å². The first-order chi connectivity index (χ1) is 12.3. The number of fused-ring (bicyclic) bond motifs is 2. The summed E-state index contributed by atoms with van der Waals surface area (Å²) in [6.45, 7) is 2.78. The van der Waals surface area contributed by atoms with Gasteiger partial charge in [-0.15, -0.1) is 0 Å². The molecule has 0 fully saturated rings. The number of benzene rings is 1. The Labute approximate surface area is 147 Å². The molecule has 5 heteroatoms. The molecule has 0 unspecified atom stereocenters. The summed E-state index contributed by atoms with van der Waals surface area (Å²) in [7, 11) is 1.86. The van der Waals surface area contributed by atoms with Crippen LogP contribution in [0.15, 0.2) is 53.8 Å². The minimum absolute atomic E-state index is 0.854. The molecule has 0 atom stereocenters. The van der Waals surface area contributed by atoms with Crippen LogP contribution in [0, 0.1) is 0 Å². The van der Waals surface area contributed by atoms with E-state index in [9.17, 15) is 0 Å². The molecule has 0 saturated heterocycles. The first kappa shape index (κ1) is 15.7. The number of nitrogens with zero attached hydrogens (tertiary/aromatic N) is 3. The zero-order valence-corrected chi connectivity index (χ0v) is 14.5. The Morgan fingerprint density at radius 3 is 3.00 bits per heavy atom. The number of rotatable bonds is 3. The van der Waals surface area contributed by atoms with Crippen molar-refractivity contribution in [3.05, 3.63) is 65.5 Å². The number of aromatic nitrogens is 2. The van der Waals surface area contributed by atoms with Crippen LogP contribution in [0.25, 0.3) is 11.0 Å². The number of aliphatic imine (C=N–C) groups is 1. The largest absolute Gasteiger partial charge is 0.356 e. The Morgan fingerprint density at radius 2 is 2.12 bits per heavy atom. The van der Waals surface area contributed by atoms with E-state index in [1.807, 2.05) is 19.3 Å². The monoisotopic (exact) mass is 333 g/mol. The summed E-state index contributed by atoms with van der Waals surface area (Å²) in [6, 6.07) is 12.8. The van der Waals surface area contributed by atoms with Crippen LogP contribution in [0.3, 0.4) is 0 Å². The first-order valence-electron chi connectivity index (χ1n) is 8.78. The van der Waals surface area contributed by atoms with E-state index in [-0.39, 0.29) is 0 Å². The fraction of sp³-hybridized carbons (Fsp3) is 0.300. The number of hydrogen-bond acceptors (Lipinski definition) is 2. The van der Waals surface area contributed by atoms with E-state index in [0.29, 0.717) is 0 Å². The highest BCUT2D eigenvalue weighted by atomic mass is 15.3. The molecule has 3 heterocycles. The Balaban J connectivity index is 1.38. The smallest absolute Gasteiger partial charge is 0.193 e. The highest BCUT2D eigenvalue weighted by molar-refractivity contribution is 5.81. The molecule has 0 amide bonds. The van der Waals surface area contributed by atoms with Gasteiger partial charge < -0.3 is 15.2 Å². The molecule has 0 bridgehead atoms. The number of nitrogens with one attached hydrogen (secondary N) is 2. The normalized spacial score (nSPS) is 14.6. The lowest BCUT2D eigenvalue weighted by Gasteiger charge is -2.31. The van der Waals surface area contributed by atoms with Crippen molar-refractivity contribution >= 4 is 17.0 Å². The highest BCUT2D eigenvalue weighted by Crippen LogP contribution is 2.19. The predicted octanol–water partition coefficient (Wildman–Crippen LogP) is 2.74. The van der Waals surface area contributed by atoms with E-state index in [4.69, 9.17) is 0 Å². The molecule has 0 radical (unpaired) electrons. The molecule has 0 saturated carbocycles. The van der Waals surface area contributed by atoms with Crippen molar-refractivity contribution in [2.24, 2.45) is 4.99 Å². The first-order valence-corrected chi connectivity index (χ1v) is 8.78. The van der Waals surface area contributed by atoms with Gasteiger partial charge in [0, 0.05) is 44.5 Å². The van der Waals surface area contributed by atoms with Crippen LogP contribution >= 0.6 is 0 Å². The van der Waals surface area contributed by atoms with E-state index in [1.165, 1.54) is 22.1 Å². The maximum Gasteiger partial charge on any atom is 0.193 e. The van der Waals surface area contributed by atoms with Gasteiger partial charge in [-0.2, -0.15) is 0 Å². The fourth-order valence-corrected chi connectivity index (χ4v) is 3.54. The zero-order chi connectivity index (χ0) is 17.1. The van der Waals surface area contributed by atoms with Gasteiger partial charge in [-0.1, -0.05) is 24.3 Å². The van der Waals surface area contributed by atoms with Gasteiger partial charge >= 0.3 is 0 Å². The summed E-state index contributed by atoms with van der Waals surface area (Å²) in [5.41, 5.74) is 5.10. The lowest BCUT2D eigenvalue weighted by Crippen LogP contribution is -2.44. The number of hydrogen-bond donors (Lipinski definition) is 2. The third kappa shape index (κ3) is 3.22. The quantitative estimate of drug-likeness (QED) is 0.572. The number of pyridine rings is 1. The van der Waals surface area contributed by atoms with Crippen molar-refractivity contribution in [3.8, 4) is 0 Å². The molecule has 0 spiro atoms. The van der Waals surface area contributed by atoms with Gasteiger partial charge in [0.05, 0.1) is 0 Å². The van der Waals surface area contributed by atoms with Crippen LogP contribution in [-0.2, 0) is 19.4 Å². The van der Waals surface area contributed by atoms with Gasteiger partial charge in [0.25, 0.3) is 0 Å². The second-order valence-electron chi connectivity index (χ2n) is 6.38. The lowest BCUT2D eigenvalue weighted by atomic mass is 10.0. The molecule has 25 heavy (non-hydrogen) atoms. The van der Waals surface area contributed by atoms with Crippen LogP contribution in [0.4, 0.5) is 0 Å².